The van der Waals surface area contributed by atoms with E-state index in [1.54, 1.807) is 12.1 Å². The lowest BCUT2D eigenvalue weighted by molar-refractivity contribution is 0.294. The average molecular weight is 308 g/mol. The van der Waals surface area contributed by atoms with Crippen molar-refractivity contribution in [1.29, 1.82) is 0 Å². The van der Waals surface area contributed by atoms with Crippen LogP contribution >= 0.6 is 11.6 Å². The zero-order chi connectivity index (χ0) is 14.8. The van der Waals surface area contributed by atoms with E-state index in [4.69, 9.17) is 21.1 Å². The minimum atomic E-state index is -0.366. The number of benzene rings is 2. The molecule has 2 aromatic rings. The molecule has 3 rings (SSSR count). The third kappa shape index (κ3) is 2.82. The molecule has 0 radical (unpaired) electrons. The number of rotatable bonds is 4. The van der Waals surface area contributed by atoms with E-state index < -0.39 is 0 Å². The zero-order valence-corrected chi connectivity index (χ0v) is 12.3. The van der Waals surface area contributed by atoms with Gasteiger partial charge in [-0.15, -0.1) is 0 Å². The number of hydrogen-bond donors (Lipinski definition) is 1. The van der Waals surface area contributed by atoms with Crippen molar-refractivity contribution in [2.75, 3.05) is 13.7 Å². The van der Waals surface area contributed by atoms with Crippen LogP contribution in [-0.2, 0) is 6.61 Å². The van der Waals surface area contributed by atoms with Crippen LogP contribution in [0.4, 0.5) is 4.39 Å². The Kier molecular flexibility index (Phi) is 3.99. The molecule has 1 aliphatic heterocycles. The maximum absolute atomic E-state index is 13.7. The van der Waals surface area contributed by atoms with Gasteiger partial charge in [0.05, 0.1) is 11.1 Å². The van der Waals surface area contributed by atoms with Gasteiger partial charge >= 0.3 is 0 Å². The second-order valence-electron chi connectivity index (χ2n) is 4.84. The first-order chi connectivity index (χ1) is 10.2. The summed E-state index contributed by atoms with van der Waals surface area (Å²) in [7, 11) is 1.90. The number of nitrogens with one attached hydrogen (secondary N) is 1. The van der Waals surface area contributed by atoms with Gasteiger partial charge in [0.2, 0.25) is 0 Å². The van der Waals surface area contributed by atoms with Crippen LogP contribution in [0.1, 0.15) is 17.2 Å². The lowest BCUT2D eigenvalue weighted by atomic mass is 10.1. The third-order valence-electron chi connectivity index (χ3n) is 3.56. The average Bonchev–Trinajstić information content (AvgIpc) is 2.89. The lowest BCUT2D eigenvalue weighted by Gasteiger charge is -2.10. The Morgan fingerprint density at radius 2 is 2.24 bits per heavy atom. The van der Waals surface area contributed by atoms with Gasteiger partial charge in [0, 0.05) is 17.2 Å². The number of halogens is 2. The van der Waals surface area contributed by atoms with Gasteiger partial charge in [0.15, 0.2) is 0 Å². The van der Waals surface area contributed by atoms with Crippen molar-refractivity contribution in [3.05, 3.63) is 58.4 Å². The van der Waals surface area contributed by atoms with E-state index in [2.05, 4.69) is 5.32 Å². The van der Waals surface area contributed by atoms with Crippen LogP contribution in [0.2, 0.25) is 5.02 Å². The monoisotopic (exact) mass is 307 g/mol. The van der Waals surface area contributed by atoms with E-state index in [1.165, 1.54) is 6.07 Å². The molecule has 1 aliphatic rings. The first kappa shape index (κ1) is 14.2. The van der Waals surface area contributed by atoms with Crippen molar-refractivity contribution < 1.29 is 13.9 Å². The molecule has 0 aromatic heterocycles. The molecule has 110 valence electrons. The van der Waals surface area contributed by atoms with Gasteiger partial charge in [-0.2, -0.15) is 0 Å². The molecule has 2 aromatic carbocycles. The molecular weight excluding hydrogens is 293 g/mol. The quantitative estimate of drug-likeness (QED) is 0.934. The van der Waals surface area contributed by atoms with Crippen LogP contribution in [0.25, 0.3) is 0 Å². The molecule has 0 amide bonds. The minimum absolute atomic E-state index is 0.0831. The van der Waals surface area contributed by atoms with Gasteiger partial charge in [0.1, 0.15) is 30.5 Å². The van der Waals surface area contributed by atoms with Crippen molar-refractivity contribution in [1.82, 2.24) is 5.32 Å². The second-order valence-corrected chi connectivity index (χ2v) is 5.25. The van der Waals surface area contributed by atoms with Crippen LogP contribution in [-0.4, -0.2) is 13.7 Å². The predicted octanol–water partition coefficient (Wildman–Crippen LogP) is 3.71. The Bertz CT molecular complexity index is 642. The highest BCUT2D eigenvalue weighted by Gasteiger charge is 2.22. The van der Waals surface area contributed by atoms with E-state index in [0.29, 0.717) is 22.9 Å². The topological polar surface area (TPSA) is 30.5 Å². The Morgan fingerprint density at radius 3 is 3.00 bits per heavy atom. The Balaban J connectivity index is 1.75. The van der Waals surface area contributed by atoms with Crippen LogP contribution in [0, 0.1) is 5.82 Å². The Hall–Kier alpha value is -1.78. The number of hydrogen-bond acceptors (Lipinski definition) is 3. The van der Waals surface area contributed by atoms with Gasteiger partial charge < -0.3 is 14.8 Å². The summed E-state index contributed by atoms with van der Waals surface area (Å²) in [6.45, 7) is 0.689. The third-order valence-corrected chi connectivity index (χ3v) is 3.91. The lowest BCUT2D eigenvalue weighted by Crippen LogP contribution is -2.17. The SMILES string of the molecule is CNC1COc2cc(OCc3c(F)cccc3Cl)ccc21. The number of ether oxygens (including phenoxy) is 2. The van der Waals surface area contributed by atoms with E-state index in [-0.39, 0.29) is 18.5 Å². The van der Waals surface area contributed by atoms with Crippen LogP contribution in [0.15, 0.2) is 36.4 Å². The fraction of sp³-hybridized carbons (Fsp3) is 0.250. The summed E-state index contributed by atoms with van der Waals surface area (Å²) in [5.41, 5.74) is 1.46. The molecular formula is C16H15ClFNO2. The summed E-state index contributed by atoms with van der Waals surface area (Å²) < 4.78 is 24.9. The fourth-order valence-corrected chi connectivity index (χ4v) is 2.56. The van der Waals surface area contributed by atoms with Gasteiger partial charge in [-0.25, -0.2) is 4.39 Å². The van der Waals surface area contributed by atoms with Gasteiger partial charge in [-0.05, 0) is 31.3 Å². The van der Waals surface area contributed by atoms with Crippen LogP contribution in [0.5, 0.6) is 11.5 Å². The first-order valence-electron chi connectivity index (χ1n) is 6.68. The van der Waals surface area contributed by atoms with Crippen molar-refractivity contribution in [2.24, 2.45) is 0 Å². The number of likely N-dealkylation sites (N-methyl/N-ethyl adjacent to an activating group) is 1. The molecule has 1 heterocycles. The maximum Gasteiger partial charge on any atom is 0.131 e. The molecule has 1 unspecified atom stereocenters. The molecule has 3 nitrogen and oxygen atoms in total. The predicted molar refractivity (Wildman–Crippen MR) is 79.5 cm³/mol. The van der Waals surface area contributed by atoms with Crippen molar-refractivity contribution in [3.8, 4) is 11.5 Å². The van der Waals surface area contributed by atoms with Gasteiger partial charge in [-0.1, -0.05) is 17.7 Å². The molecule has 0 saturated heterocycles. The van der Waals surface area contributed by atoms with Gasteiger partial charge in [0.25, 0.3) is 0 Å². The summed E-state index contributed by atoms with van der Waals surface area (Å²) >= 11 is 5.97. The van der Waals surface area contributed by atoms with Crippen molar-refractivity contribution >= 4 is 11.6 Å². The Morgan fingerprint density at radius 1 is 1.38 bits per heavy atom. The smallest absolute Gasteiger partial charge is 0.131 e. The summed E-state index contributed by atoms with van der Waals surface area (Å²) in [6, 6.07) is 10.4. The standard InChI is InChI=1S/C16H15ClFNO2/c1-19-15-9-21-16-7-10(5-6-11(15)16)20-8-12-13(17)3-2-4-14(12)18/h2-7,15,19H,8-9H2,1H3. The molecule has 1 N–H and O–H groups in total. The Labute approximate surface area is 127 Å². The molecule has 0 spiro atoms. The van der Waals surface area contributed by atoms with Crippen molar-refractivity contribution in [2.45, 2.75) is 12.6 Å². The summed E-state index contributed by atoms with van der Waals surface area (Å²) in [4.78, 5) is 0. The molecule has 0 fully saturated rings. The molecule has 0 aliphatic carbocycles. The van der Waals surface area contributed by atoms with Gasteiger partial charge in [-0.3, -0.25) is 0 Å². The molecule has 1 atom stereocenters. The highest BCUT2D eigenvalue weighted by Crippen LogP contribution is 2.35. The normalized spacial score (nSPS) is 16.4. The highest BCUT2D eigenvalue weighted by molar-refractivity contribution is 6.31. The molecule has 0 bridgehead atoms. The highest BCUT2D eigenvalue weighted by atomic mass is 35.5. The van der Waals surface area contributed by atoms with E-state index in [9.17, 15) is 4.39 Å². The van der Waals surface area contributed by atoms with E-state index in [0.717, 1.165) is 11.3 Å². The molecule has 5 heteroatoms. The minimum Gasteiger partial charge on any atom is -0.491 e. The van der Waals surface area contributed by atoms with E-state index >= 15 is 0 Å². The second kappa shape index (κ2) is 5.92. The summed E-state index contributed by atoms with van der Waals surface area (Å²) in [5.74, 6) is 1.06. The fourth-order valence-electron chi connectivity index (χ4n) is 2.34. The summed E-state index contributed by atoms with van der Waals surface area (Å²) in [6.07, 6.45) is 0. The maximum atomic E-state index is 13.7. The molecule has 21 heavy (non-hydrogen) atoms. The van der Waals surface area contributed by atoms with Crippen LogP contribution < -0.4 is 14.8 Å². The first-order valence-corrected chi connectivity index (χ1v) is 7.06. The largest absolute Gasteiger partial charge is 0.491 e. The van der Waals surface area contributed by atoms with E-state index in [1.807, 2.05) is 25.2 Å². The zero-order valence-electron chi connectivity index (χ0n) is 11.5. The summed E-state index contributed by atoms with van der Waals surface area (Å²) in [5, 5.41) is 3.54. The van der Waals surface area contributed by atoms with Crippen molar-refractivity contribution in [3.63, 3.8) is 0 Å². The van der Waals surface area contributed by atoms with Crippen LogP contribution in [0.3, 0.4) is 0 Å². The number of fused-ring (bicyclic) bond motifs is 1. The molecule has 0 saturated carbocycles.